The van der Waals surface area contributed by atoms with Crippen LogP contribution in [0.3, 0.4) is 0 Å². The van der Waals surface area contributed by atoms with Crippen molar-refractivity contribution in [3.63, 3.8) is 0 Å². The van der Waals surface area contributed by atoms with Crippen LogP contribution in [-0.2, 0) is 32.3 Å². The van der Waals surface area contributed by atoms with Crippen LogP contribution in [0, 0.1) is 19.9 Å². The fourth-order valence-corrected chi connectivity index (χ4v) is 5.69. The molecule has 0 unspecified atom stereocenters. The van der Waals surface area contributed by atoms with Crippen LogP contribution in [0.15, 0.2) is 18.2 Å². The van der Waals surface area contributed by atoms with Crippen molar-refractivity contribution in [2.24, 2.45) is 0 Å². The fraction of sp³-hybridized carbons (Fsp3) is 0.312. The van der Waals surface area contributed by atoms with Gasteiger partial charge in [0.2, 0.25) is 0 Å². The molecule has 0 atom stereocenters. The van der Waals surface area contributed by atoms with Gasteiger partial charge < -0.3 is 20.2 Å². The number of nitrogens with zero attached hydrogens (tertiary/aromatic N) is 3. The Morgan fingerprint density at radius 3 is 2.00 bits per heavy atom. The van der Waals surface area contributed by atoms with E-state index in [0.29, 0.717) is 22.1 Å². The number of aromatic nitrogens is 4. The number of rotatable bonds is 6. The third-order valence-electron chi connectivity index (χ3n) is 8.00. The van der Waals surface area contributed by atoms with Crippen molar-refractivity contribution in [3.8, 4) is 0 Å². The summed E-state index contributed by atoms with van der Waals surface area (Å²) in [5, 5.41) is 19.5. The average molecular weight is 604 g/mol. The molecule has 2 aliphatic heterocycles. The predicted octanol–water partition coefficient (Wildman–Crippen LogP) is 6.64. The van der Waals surface area contributed by atoms with E-state index in [1.165, 1.54) is 0 Å². The van der Waals surface area contributed by atoms with Crippen molar-refractivity contribution in [2.75, 3.05) is 0 Å². The van der Waals surface area contributed by atoms with Crippen LogP contribution in [0.25, 0.3) is 44.4 Å². The molecule has 9 nitrogen and oxygen atoms in total. The first-order valence-electron chi connectivity index (χ1n) is 13.7. The molecule has 10 heteroatoms. The summed E-state index contributed by atoms with van der Waals surface area (Å²) in [5.74, 6) is -2.00. The standard InChI is InChI=1S/C32H33N4O4.O.V/c1-7-19-15(3)22-11-23-17(5)21(9-10-30(37)38)28(35-23)14-29-31(32(39)40)18(6)25(36-29)13-27-20(8-2)16(4)24(34-27)12-26(19)33-22;;/h11-13H,7-10H2,1-6H3,(H4,33,34,35,36,37,38,39,40);;/q-1;;+2/p-1. The SMILES string of the molecule is CCC1=C(C)c2cc3[n-]c([c-]c4[nH]c(cc5nc(cc1n2)C(C)=C5CC)c(C)c4C(=O)O)c(CCC(=O)O)c3C.[O]=[V+2]. The third-order valence-corrected chi connectivity index (χ3v) is 8.00. The van der Waals surface area contributed by atoms with Crippen LogP contribution in [0.5, 0.6) is 0 Å². The Bertz CT molecular complexity index is 1840. The molecule has 5 rings (SSSR count). The van der Waals surface area contributed by atoms with Gasteiger partial charge in [0.15, 0.2) is 0 Å². The van der Waals surface area contributed by atoms with Gasteiger partial charge in [-0.25, -0.2) is 9.97 Å². The van der Waals surface area contributed by atoms with E-state index in [2.05, 4.69) is 38.7 Å². The molecule has 0 amide bonds. The van der Waals surface area contributed by atoms with Gasteiger partial charge in [0.1, 0.15) is 0 Å². The Morgan fingerprint density at radius 1 is 0.881 bits per heavy atom. The zero-order valence-corrected chi connectivity index (χ0v) is 25.9. The summed E-state index contributed by atoms with van der Waals surface area (Å²) in [6.45, 7) is 12.0. The molecule has 0 aliphatic carbocycles. The normalized spacial score (nSPS) is 12.9. The minimum absolute atomic E-state index is 0.0775. The quantitative estimate of drug-likeness (QED) is 0.266. The number of nitrogens with one attached hydrogen (secondary N) is 1. The van der Waals surface area contributed by atoms with Gasteiger partial charge in [0, 0.05) is 11.9 Å². The molecule has 8 bridgehead atoms. The van der Waals surface area contributed by atoms with Gasteiger partial charge in [-0.1, -0.05) is 44.3 Å². The number of hydrogen-bond acceptors (Lipinski definition) is 5. The Balaban J connectivity index is 0.00000198. The number of carboxylic acid groups (broad SMARTS) is 2. The number of aromatic carboxylic acids is 1. The van der Waals surface area contributed by atoms with E-state index in [0.717, 1.165) is 86.4 Å². The number of carboxylic acids is 2. The van der Waals surface area contributed by atoms with Crippen LogP contribution >= 0.6 is 0 Å². The molecule has 42 heavy (non-hydrogen) atoms. The van der Waals surface area contributed by atoms with Gasteiger partial charge in [-0.05, 0) is 73.6 Å². The number of H-pyrrole nitrogens is 1. The summed E-state index contributed by atoms with van der Waals surface area (Å²) in [6.07, 6.45) is 1.75. The first-order chi connectivity index (χ1) is 20.0. The van der Waals surface area contributed by atoms with E-state index in [1.807, 2.05) is 25.1 Å². The maximum absolute atomic E-state index is 12.4. The molecule has 5 heterocycles. The molecule has 0 spiro atoms. The van der Waals surface area contributed by atoms with Crippen molar-refractivity contribution >= 4 is 56.3 Å². The zero-order chi connectivity index (χ0) is 30.9. The van der Waals surface area contributed by atoms with Crippen LogP contribution in [0.1, 0.15) is 96.8 Å². The monoisotopic (exact) mass is 603 g/mol. The number of hydrogen-bond donors (Lipinski definition) is 3. The van der Waals surface area contributed by atoms with Gasteiger partial charge in [-0.2, -0.15) is 11.6 Å². The minimum atomic E-state index is -1.08. The van der Waals surface area contributed by atoms with Gasteiger partial charge in [-0.3, -0.25) is 15.1 Å². The first kappa shape index (κ1) is 30.9. The summed E-state index contributed by atoms with van der Waals surface area (Å²) in [5.41, 5.74) is 11.9. The number of aryl methyl sites for hydroxylation is 3. The van der Waals surface area contributed by atoms with Crippen LogP contribution in [-0.4, -0.2) is 37.1 Å². The molecule has 3 aromatic rings. The van der Waals surface area contributed by atoms with E-state index in [1.54, 1.807) is 6.92 Å². The van der Waals surface area contributed by atoms with E-state index in [9.17, 15) is 19.8 Å². The van der Waals surface area contributed by atoms with Crippen molar-refractivity contribution < 1.29 is 40.8 Å². The van der Waals surface area contributed by atoms with Crippen LogP contribution < -0.4 is 4.98 Å². The summed E-state index contributed by atoms with van der Waals surface area (Å²) in [4.78, 5) is 41.8. The van der Waals surface area contributed by atoms with Crippen LogP contribution in [0.4, 0.5) is 0 Å². The second-order valence-corrected chi connectivity index (χ2v) is 10.3. The summed E-state index contributed by atoms with van der Waals surface area (Å²) in [7, 11) is 0. The molecule has 0 aromatic carbocycles. The van der Waals surface area contributed by atoms with Crippen molar-refractivity contribution in [1.29, 1.82) is 0 Å². The number of carbonyl (C=O) groups is 2. The summed E-state index contributed by atoms with van der Waals surface area (Å²) in [6, 6.07) is 9.05. The van der Waals surface area contributed by atoms with Gasteiger partial charge >= 0.3 is 27.0 Å². The van der Waals surface area contributed by atoms with E-state index in [4.69, 9.17) is 18.6 Å². The predicted molar refractivity (Wildman–Crippen MR) is 157 cm³/mol. The second kappa shape index (κ2) is 12.4. The molecule has 3 aromatic heterocycles. The second-order valence-electron chi connectivity index (χ2n) is 10.3. The van der Waals surface area contributed by atoms with Crippen molar-refractivity contribution in [2.45, 2.75) is 67.2 Å². The van der Waals surface area contributed by atoms with E-state index >= 15 is 0 Å². The van der Waals surface area contributed by atoms with E-state index < -0.39 is 11.9 Å². The summed E-state index contributed by atoms with van der Waals surface area (Å²) >= 11 is 1.06. The number of aliphatic carboxylic acids is 1. The number of fused-ring (bicyclic) bond motifs is 8. The molecule has 0 fully saturated rings. The fourth-order valence-electron chi connectivity index (χ4n) is 5.69. The topological polar surface area (TPSA) is 147 Å². The van der Waals surface area contributed by atoms with Crippen LogP contribution in [0.2, 0.25) is 0 Å². The maximum atomic E-state index is 12.4. The van der Waals surface area contributed by atoms with E-state index in [-0.39, 0.29) is 23.9 Å². The number of allylic oxidation sites excluding steroid dienone is 4. The third kappa shape index (κ3) is 5.54. The molecule has 0 saturated carbocycles. The molecule has 3 N–H and O–H groups in total. The van der Waals surface area contributed by atoms with Crippen molar-refractivity contribution in [1.82, 2.24) is 19.9 Å². The zero-order valence-electron chi connectivity index (χ0n) is 24.5. The Kier molecular flexibility index (Phi) is 9.13. The van der Waals surface area contributed by atoms with Gasteiger partial charge in [-0.15, -0.1) is 11.1 Å². The molecule has 2 aliphatic rings. The van der Waals surface area contributed by atoms with Gasteiger partial charge in [0.05, 0.1) is 22.8 Å². The Morgan fingerprint density at radius 2 is 1.45 bits per heavy atom. The van der Waals surface area contributed by atoms with Crippen molar-refractivity contribution in [3.05, 3.63) is 69.3 Å². The Labute approximate surface area is 253 Å². The molecule has 0 radical (unpaired) electrons. The first-order valence-corrected chi connectivity index (χ1v) is 14.3. The summed E-state index contributed by atoms with van der Waals surface area (Å²) < 4.78 is 8.19. The Hall–Kier alpha value is -4.08. The molecular weight excluding hydrogens is 571 g/mol. The average Bonchev–Trinajstić information content (AvgIpc) is 3.61. The molecule has 0 saturated heterocycles. The number of aromatic amines is 1. The van der Waals surface area contributed by atoms with Gasteiger partial charge in [0.25, 0.3) is 5.97 Å². The molecule has 215 valence electrons. The molecular formula is C32H32N4O5V.